The molecule has 0 radical (unpaired) electrons. The molecule has 142 valence electrons. The van der Waals surface area contributed by atoms with Crippen LogP contribution in [0.3, 0.4) is 0 Å². The molecule has 5 nitrogen and oxygen atoms in total. The summed E-state index contributed by atoms with van der Waals surface area (Å²) in [5.41, 5.74) is 2.30. The monoisotopic (exact) mass is 378 g/mol. The molecule has 0 unspecified atom stereocenters. The quantitative estimate of drug-likeness (QED) is 0.638. The van der Waals surface area contributed by atoms with Crippen molar-refractivity contribution in [1.82, 2.24) is 4.98 Å². The van der Waals surface area contributed by atoms with E-state index in [1.165, 1.54) is 12.1 Å². The highest BCUT2D eigenvalue weighted by atomic mass is 19.1. The third kappa shape index (κ3) is 4.01. The van der Waals surface area contributed by atoms with E-state index in [9.17, 15) is 14.0 Å². The van der Waals surface area contributed by atoms with Crippen molar-refractivity contribution in [3.8, 4) is 11.5 Å². The molecule has 1 N–H and O–H groups in total. The molecule has 1 amide bonds. The van der Waals surface area contributed by atoms with Gasteiger partial charge in [-0.15, -0.1) is 0 Å². The van der Waals surface area contributed by atoms with Gasteiger partial charge in [0.05, 0.1) is 12.1 Å². The molecule has 6 heteroatoms. The summed E-state index contributed by atoms with van der Waals surface area (Å²) in [5.74, 6) is 0.506. The number of aromatic nitrogens is 1. The van der Waals surface area contributed by atoms with Gasteiger partial charge in [-0.3, -0.25) is 9.59 Å². The number of rotatable bonds is 6. The number of halogens is 1. The average Bonchev–Trinajstić information content (AvgIpc) is 3.46. The van der Waals surface area contributed by atoms with Gasteiger partial charge in [0, 0.05) is 22.7 Å². The number of Topliss-reactive ketones (excluding diaryl/α,β-unsaturated/α-hetero) is 1. The number of oxazole rings is 1. The van der Waals surface area contributed by atoms with Gasteiger partial charge in [0.25, 0.3) is 0 Å². The minimum atomic E-state index is -0.378. The van der Waals surface area contributed by atoms with Gasteiger partial charge < -0.3 is 9.73 Å². The molecule has 0 spiro atoms. The standard InChI is InChI=1S/C22H19FN2O3/c1-13-19(25-22(28-13)16-3-2-4-17(23)11-16)12-20(26)24-18-9-7-15(8-10-18)21(27)14-5-6-14/h2-4,7-11,14H,5-6,12H2,1H3,(H,24,26). The van der Waals surface area contributed by atoms with Crippen molar-refractivity contribution >= 4 is 17.4 Å². The lowest BCUT2D eigenvalue weighted by Crippen LogP contribution is -2.15. The van der Waals surface area contributed by atoms with Crippen LogP contribution in [0.15, 0.2) is 52.9 Å². The van der Waals surface area contributed by atoms with Gasteiger partial charge in [-0.2, -0.15) is 0 Å². The molecule has 0 aliphatic heterocycles. The second-order valence-corrected chi connectivity index (χ2v) is 6.97. The fourth-order valence-electron chi connectivity index (χ4n) is 2.99. The number of aryl methyl sites for hydroxylation is 1. The van der Waals surface area contributed by atoms with Crippen LogP contribution in [0.1, 0.15) is 34.7 Å². The van der Waals surface area contributed by atoms with Crippen molar-refractivity contribution in [3.05, 3.63) is 71.4 Å². The van der Waals surface area contributed by atoms with Crippen molar-refractivity contribution in [2.75, 3.05) is 5.32 Å². The molecule has 0 saturated heterocycles. The van der Waals surface area contributed by atoms with Crippen LogP contribution in [-0.2, 0) is 11.2 Å². The highest BCUT2D eigenvalue weighted by molar-refractivity contribution is 6.00. The van der Waals surface area contributed by atoms with Crippen LogP contribution >= 0.6 is 0 Å². The second-order valence-electron chi connectivity index (χ2n) is 6.97. The van der Waals surface area contributed by atoms with Crippen molar-refractivity contribution in [3.63, 3.8) is 0 Å². The van der Waals surface area contributed by atoms with Gasteiger partial charge in [0.2, 0.25) is 11.8 Å². The van der Waals surface area contributed by atoms with Crippen molar-refractivity contribution in [2.45, 2.75) is 26.2 Å². The van der Waals surface area contributed by atoms with Gasteiger partial charge >= 0.3 is 0 Å². The highest BCUT2D eigenvalue weighted by Crippen LogP contribution is 2.32. The Balaban J connectivity index is 1.41. The molecular formula is C22H19FN2O3. The minimum Gasteiger partial charge on any atom is -0.441 e. The topological polar surface area (TPSA) is 72.2 Å². The summed E-state index contributed by atoms with van der Waals surface area (Å²) in [6, 6.07) is 12.9. The van der Waals surface area contributed by atoms with E-state index in [0.29, 0.717) is 28.3 Å². The Labute approximate surface area is 161 Å². The van der Waals surface area contributed by atoms with Crippen LogP contribution in [0.25, 0.3) is 11.5 Å². The van der Waals surface area contributed by atoms with Gasteiger partial charge in [-0.05, 0) is 62.2 Å². The third-order valence-corrected chi connectivity index (χ3v) is 4.69. The number of hydrogen-bond acceptors (Lipinski definition) is 4. The zero-order valence-electron chi connectivity index (χ0n) is 15.4. The molecule has 1 aromatic heterocycles. The minimum absolute atomic E-state index is 0.0351. The van der Waals surface area contributed by atoms with Crippen LogP contribution in [0.2, 0.25) is 0 Å². The molecule has 1 heterocycles. The number of hydrogen-bond donors (Lipinski definition) is 1. The van der Waals surface area contributed by atoms with E-state index < -0.39 is 0 Å². The molecule has 0 atom stereocenters. The number of nitrogens with one attached hydrogen (secondary N) is 1. The predicted molar refractivity (Wildman–Crippen MR) is 102 cm³/mol. The first-order chi connectivity index (χ1) is 13.5. The zero-order chi connectivity index (χ0) is 19.7. The largest absolute Gasteiger partial charge is 0.441 e. The van der Waals surface area contributed by atoms with Crippen molar-refractivity contribution in [2.24, 2.45) is 5.92 Å². The van der Waals surface area contributed by atoms with Gasteiger partial charge in [-0.25, -0.2) is 9.37 Å². The molecular weight excluding hydrogens is 359 g/mol. The molecule has 2 aromatic carbocycles. The Morgan fingerprint density at radius 2 is 1.93 bits per heavy atom. The zero-order valence-corrected chi connectivity index (χ0v) is 15.4. The lowest BCUT2D eigenvalue weighted by atomic mass is 10.1. The fraction of sp³-hybridized carbons (Fsp3) is 0.227. The smallest absolute Gasteiger partial charge is 0.230 e. The van der Waals surface area contributed by atoms with E-state index in [0.717, 1.165) is 12.8 Å². The normalized spacial score (nSPS) is 13.4. The van der Waals surface area contributed by atoms with Crippen LogP contribution in [0.5, 0.6) is 0 Å². The molecule has 1 fully saturated rings. The highest BCUT2D eigenvalue weighted by Gasteiger charge is 2.30. The van der Waals surface area contributed by atoms with Crippen molar-refractivity contribution in [1.29, 1.82) is 0 Å². The molecule has 1 saturated carbocycles. The number of benzene rings is 2. The van der Waals surface area contributed by atoms with Gasteiger partial charge in [-0.1, -0.05) is 6.07 Å². The third-order valence-electron chi connectivity index (χ3n) is 4.69. The number of amides is 1. The molecule has 3 aromatic rings. The maximum atomic E-state index is 13.4. The van der Waals surface area contributed by atoms with E-state index in [1.54, 1.807) is 43.3 Å². The van der Waals surface area contributed by atoms with E-state index in [1.807, 2.05) is 0 Å². The number of carbonyl (C=O) groups excluding carboxylic acids is 2. The summed E-state index contributed by atoms with van der Waals surface area (Å²) in [6.45, 7) is 1.72. The lowest BCUT2D eigenvalue weighted by molar-refractivity contribution is -0.115. The summed E-state index contributed by atoms with van der Waals surface area (Å²) >= 11 is 0. The Kier molecular flexibility index (Phi) is 4.77. The molecule has 28 heavy (non-hydrogen) atoms. The first-order valence-electron chi connectivity index (χ1n) is 9.16. The van der Waals surface area contributed by atoms with E-state index in [4.69, 9.17) is 4.42 Å². The Morgan fingerprint density at radius 3 is 2.61 bits per heavy atom. The maximum absolute atomic E-state index is 13.4. The molecule has 1 aliphatic rings. The second kappa shape index (κ2) is 7.38. The predicted octanol–water partition coefficient (Wildman–Crippen LogP) is 4.56. The number of ketones is 1. The maximum Gasteiger partial charge on any atom is 0.230 e. The Bertz CT molecular complexity index is 1040. The van der Waals surface area contributed by atoms with Crippen LogP contribution in [-0.4, -0.2) is 16.7 Å². The number of nitrogens with zero attached hydrogens (tertiary/aromatic N) is 1. The van der Waals surface area contributed by atoms with E-state index in [2.05, 4.69) is 10.3 Å². The Hall–Kier alpha value is -3.28. The van der Waals surface area contributed by atoms with E-state index in [-0.39, 0.29) is 35.7 Å². The molecule has 4 rings (SSSR count). The first kappa shape index (κ1) is 18.1. The van der Waals surface area contributed by atoms with Crippen molar-refractivity contribution < 1.29 is 18.4 Å². The Morgan fingerprint density at radius 1 is 1.18 bits per heavy atom. The first-order valence-corrected chi connectivity index (χ1v) is 9.16. The van der Waals surface area contributed by atoms with Crippen LogP contribution in [0.4, 0.5) is 10.1 Å². The lowest BCUT2D eigenvalue weighted by Gasteiger charge is -2.05. The number of anilines is 1. The summed E-state index contributed by atoms with van der Waals surface area (Å²) in [4.78, 5) is 28.7. The van der Waals surface area contributed by atoms with Crippen LogP contribution < -0.4 is 5.32 Å². The summed E-state index contributed by atoms with van der Waals surface area (Å²) in [5, 5.41) is 2.79. The number of carbonyl (C=O) groups is 2. The molecule has 0 bridgehead atoms. The van der Waals surface area contributed by atoms with Crippen LogP contribution in [0, 0.1) is 18.7 Å². The SMILES string of the molecule is Cc1oc(-c2cccc(F)c2)nc1CC(=O)Nc1ccc(C(=O)C2CC2)cc1. The summed E-state index contributed by atoms with van der Waals surface area (Å²) in [7, 11) is 0. The summed E-state index contributed by atoms with van der Waals surface area (Å²) in [6.07, 6.45) is 1.96. The van der Waals surface area contributed by atoms with E-state index >= 15 is 0 Å². The van der Waals surface area contributed by atoms with Gasteiger partial charge in [0.1, 0.15) is 11.6 Å². The van der Waals surface area contributed by atoms with Gasteiger partial charge in [0.15, 0.2) is 5.78 Å². The molecule has 1 aliphatic carbocycles. The average molecular weight is 378 g/mol. The fourth-order valence-corrected chi connectivity index (χ4v) is 2.99. The summed E-state index contributed by atoms with van der Waals surface area (Å²) < 4.78 is 19.0.